The second-order valence-electron chi connectivity index (χ2n) is 6.93. The summed E-state index contributed by atoms with van der Waals surface area (Å²) in [5.74, 6) is -0.00340. The van der Waals surface area contributed by atoms with Crippen molar-refractivity contribution in [1.29, 1.82) is 0 Å². The monoisotopic (exact) mass is 274 g/mol. The average molecular weight is 274 g/mol. The van der Waals surface area contributed by atoms with E-state index in [1.807, 2.05) is 52.8 Å². The van der Waals surface area contributed by atoms with Crippen LogP contribution in [0.4, 0.5) is 5.69 Å². The van der Waals surface area contributed by atoms with Gasteiger partial charge in [-0.2, -0.15) is 0 Å². The highest BCUT2D eigenvalue weighted by Gasteiger charge is 2.38. The van der Waals surface area contributed by atoms with Gasteiger partial charge in [0.15, 0.2) is 0 Å². The summed E-state index contributed by atoms with van der Waals surface area (Å²) in [6.07, 6.45) is 0.328. The summed E-state index contributed by atoms with van der Waals surface area (Å²) >= 11 is 0. The smallest absolute Gasteiger partial charge is 0.234 e. The Morgan fingerprint density at radius 2 is 1.95 bits per heavy atom. The molecular formula is C16H22N2O2. The third-order valence-electron chi connectivity index (χ3n) is 3.45. The van der Waals surface area contributed by atoms with Crippen LogP contribution in [0.15, 0.2) is 18.2 Å². The zero-order valence-electron chi connectivity index (χ0n) is 12.8. The van der Waals surface area contributed by atoms with Crippen LogP contribution in [0.1, 0.15) is 45.7 Å². The molecule has 20 heavy (non-hydrogen) atoms. The number of hydrogen-bond donors (Lipinski definition) is 2. The van der Waals surface area contributed by atoms with E-state index in [1.54, 1.807) is 0 Å². The van der Waals surface area contributed by atoms with Gasteiger partial charge in [-0.1, -0.05) is 12.1 Å². The fraction of sp³-hybridized carbons (Fsp3) is 0.500. The molecule has 0 aromatic heterocycles. The number of nitrogens with one attached hydrogen (secondary N) is 2. The zero-order chi connectivity index (χ0) is 15.1. The number of rotatable bonds is 2. The van der Waals surface area contributed by atoms with E-state index in [2.05, 4.69) is 10.6 Å². The van der Waals surface area contributed by atoms with Gasteiger partial charge in [0.05, 0.1) is 11.8 Å². The van der Waals surface area contributed by atoms with Gasteiger partial charge in [-0.05, 0) is 51.8 Å². The van der Waals surface area contributed by atoms with Crippen molar-refractivity contribution < 1.29 is 9.59 Å². The Bertz CT molecular complexity index is 568. The minimum Gasteiger partial charge on any atom is -0.351 e. The Morgan fingerprint density at radius 3 is 2.55 bits per heavy atom. The van der Waals surface area contributed by atoms with Crippen molar-refractivity contribution in [2.24, 2.45) is 0 Å². The van der Waals surface area contributed by atoms with Crippen molar-refractivity contribution in [2.45, 2.75) is 52.0 Å². The van der Waals surface area contributed by atoms with Gasteiger partial charge in [-0.25, -0.2) is 0 Å². The number of carbonyl (C=O) groups excluding carboxylic acids is 2. The molecule has 1 aromatic carbocycles. The first-order chi connectivity index (χ1) is 9.09. The van der Waals surface area contributed by atoms with Gasteiger partial charge in [0.1, 0.15) is 0 Å². The van der Waals surface area contributed by atoms with Gasteiger partial charge in [-0.15, -0.1) is 0 Å². The first-order valence-electron chi connectivity index (χ1n) is 6.85. The van der Waals surface area contributed by atoms with Gasteiger partial charge < -0.3 is 10.6 Å². The van der Waals surface area contributed by atoms with Crippen LogP contribution in [0.5, 0.6) is 0 Å². The summed E-state index contributed by atoms with van der Waals surface area (Å²) in [5.41, 5.74) is 1.97. The summed E-state index contributed by atoms with van der Waals surface area (Å²) in [7, 11) is 0. The van der Waals surface area contributed by atoms with E-state index in [4.69, 9.17) is 0 Å². The third kappa shape index (κ3) is 2.84. The Balaban J connectivity index is 2.19. The summed E-state index contributed by atoms with van der Waals surface area (Å²) in [4.78, 5) is 23.8. The maximum atomic E-state index is 12.0. The predicted molar refractivity (Wildman–Crippen MR) is 79.7 cm³/mol. The molecule has 0 aliphatic carbocycles. The SMILES string of the molecule is CC(C)(C)NC(=O)Cc1ccc2c(c1)C(C)(C)C(=O)N2. The second kappa shape index (κ2) is 4.62. The lowest BCUT2D eigenvalue weighted by molar-refractivity contribution is -0.122. The topological polar surface area (TPSA) is 58.2 Å². The fourth-order valence-corrected chi connectivity index (χ4v) is 2.38. The van der Waals surface area contributed by atoms with E-state index < -0.39 is 5.41 Å². The Hall–Kier alpha value is -1.84. The van der Waals surface area contributed by atoms with Crippen molar-refractivity contribution in [3.63, 3.8) is 0 Å². The zero-order valence-corrected chi connectivity index (χ0v) is 12.8. The molecule has 1 aliphatic rings. The van der Waals surface area contributed by atoms with Gasteiger partial charge >= 0.3 is 0 Å². The minimum atomic E-state index is -0.536. The van der Waals surface area contributed by atoms with Crippen molar-refractivity contribution in [1.82, 2.24) is 5.32 Å². The van der Waals surface area contributed by atoms with Gasteiger partial charge in [0.2, 0.25) is 11.8 Å². The normalized spacial score (nSPS) is 16.6. The van der Waals surface area contributed by atoms with Crippen molar-refractivity contribution in [3.8, 4) is 0 Å². The van der Waals surface area contributed by atoms with E-state index in [-0.39, 0.29) is 17.4 Å². The van der Waals surface area contributed by atoms with Crippen LogP contribution in [-0.4, -0.2) is 17.4 Å². The number of benzene rings is 1. The van der Waals surface area contributed by atoms with Crippen LogP contribution in [0, 0.1) is 0 Å². The summed E-state index contributed by atoms with van der Waals surface area (Å²) in [5, 5.41) is 5.81. The molecular weight excluding hydrogens is 252 g/mol. The van der Waals surface area contributed by atoms with Gasteiger partial charge in [-0.3, -0.25) is 9.59 Å². The molecule has 1 aromatic rings. The number of amides is 2. The molecule has 2 amide bonds. The molecule has 0 spiro atoms. The second-order valence-corrected chi connectivity index (χ2v) is 6.93. The van der Waals surface area contributed by atoms with Gasteiger partial charge in [0, 0.05) is 11.2 Å². The molecule has 0 unspecified atom stereocenters. The van der Waals surface area contributed by atoms with Crippen LogP contribution in [0.2, 0.25) is 0 Å². The molecule has 108 valence electrons. The highest BCUT2D eigenvalue weighted by molar-refractivity contribution is 6.05. The molecule has 4 heteroatoms. The van der Waals surface area contributed by atoms with E-state index >= 15 is 0 Å². The lowest BCUT2D eigenvalue weighted by Gasteiger charge is -2.21. The Morgan fingerprint density at radius 1 is 1.30 bits per heavy atom. The first kappa shape index (κ1) is 14.6. The Kier molecular flexibility index (Phi) is 3.36. The first-order valence-corrected chi connectivity index (χ1v) is 6.85. The van der Waals surface area contributed by atoms with E-state index in [1.165, 1.54) is 0 Å². The van der Waals surface area contributed by atoms with E-state index in [0.29, 0.717) is 6.42 Å². The van der Waals surface area contributed by atoms with Crippen LogP contribution >= 0.6 is 0 Å². The van der Waals surface area contributed by atoms with Crippen LogP contribution in [-0.2, 0) is 21.4 Å². The molecule has 0 fully saturated rings. The molecule has 0 radical (unpaired) electrons. The number of carbonyl (C=O) groups is 2. The largest absolute Gasteiger partial charge is 0.351 e. The molecule has 2 rings (SSSR count). The maximum absolute atomic E-state index is 12.0. The quantitative estimate of drug-likeness (QED) is 0.870. The minimum absolute atomic E-state index is 0.00351. The van der Waals surface area contributed by atoms with Crippen LogP contribution in [0.25, 0.3) is 0 Å². The van der Waals surface area contributed by atoms with Crippen molar-refractivity contribution >= 4 is 17.5 Å². The summed E-state index contributed by atoms with van der Waals surface area (Å²) < 4.78 is 0. The van der Waals surface area contributed by atoms with Crippen LogP contribution < -0.4 is 10.6 Å². The molecule has 0 saturated carbocycles. The number of hydrogen-bond acceptors (Lipinski definition) is 2. The lowest BCUT2D eigenvalue weighted by atomic mass is 9.85. The maximum Gasteiger partial charge on any atom is 0.234 e. The predicted octanol–water partition coefficient (Wildman–Crippen LogP) is 2.37. The van der Waals surface area contributed by atoms with Gasteiger partial charge in [0.25, 0.3) is 0 Å². The third-order valence-corrected chi connectivity index (χ3v) is 3.45. The highest BCUT2D eigenvalue weighted by atomic mass is 16.2. The molecule has 4 nitrogen and oxygen atoms in total. The summed E-state index contributed by atoms with van der Waals surface area (Å²) in [6.45, 7) is 9.66. The molecule has 1 heterocycles. The standard InChI is InChI=1S/C16H22N2O2/c1-15(2,3)18-13(19)9-10-6-7-12-11(8-10)16(4,5)14(20)17-12/h6-8H,9H2,1-5H3,(H,17,20)(H,18,19). The molecule has 0 atom stereocenters. The molecule has 1 aliphatic heterocycles. The van der Waals surface area contributed by atoms with Crippen molar-refractivity contribution in [2.75, 3.05) is 5.32 Å². The summed E-state index contributed by atoms with van der Waals surface area (Å²) in [6, 6.07) is 5.72. The number of fused-ring (bicyclic) bond motifs is 1. The van der Waals surface area contributed by atoms with Crippen molar-refractivity contribution in [3.05, 3.63) is 29.3 Å². The average Bonchev–Trinajstić information content (AvgIpc) is 2.48. The molecule has 0 bridgehead atoms. The molecule has 0 saturated heterocycles. The fourth-order valence-electron chi connectivity index (χ4n) is 2.38. The lowest BCUT2D eigenvalue weighted by Crippen LogP contribution is -2.41. The number of anilines is 1. The molecule has 2 N–H and O–H groups in total. The Labute approximate surface area is 119 Å². The van der Waals surface area contributed by atoms with E-state index in [9.17, 15) is 9.59 Å². The highest BCUT2D eigenvalue weighted by Crippen LogP contribution is 2.37. The van der Waals surface area contributed by atoms with E-state index in [0.717, 1.165) is 16.8 Å². The van der Waals surface area contributed by atoms with Crippen LogP contribution in [0.3, 0.4) is 0 Å².